The van der Waals surface area contributed by atoms with Crippen molar-refractivity contribution < 1.29 is 9.53 Å². The van der Waals surface area contributed by atoms with Gasteiger partial charge in [-0.05, 0) is 35.0 Å². The van der Waals surface area contributed by atoms with Crippen LogP contribution in [0.2, 0.25) is 0 Å². The maximum absolute atomic E-state index is 11.8. The van der Waals surface area contributed by atoms with Crippen LogP contribution in [0.25, 0.3) is 11.0 Å². The highest BCUT2D eigenvalue weighted by atomic mass is 79.9. The molecule has 0 bridgehead atoms. The SMILES string of the molecule is CCOC(=O)c1cc2c(cc1Br)n(C)c(=O)n2C. The molecular weight excluding hydrogens is 300 g/mol. The predicted octanol–water partition coefficient (Wildman–Crippen LogP) is 1.82. The van der Waals surface area contributed by atoms with Crippen molar-refractivity contribution in [3.8, 4) is 0 Å². The van der Waals surface area contributed by atoms with E-state index < -0.39 is 5.97 Å². The van der Waals surface area contributed by atoms with Crippen molar-refractivity contribution in [1.82, 2.24) is 9.13 Å². The van der Waals surface area contributed by atoms with Crippen LogP contribution < -0.4 is 5.69 Å². The Morgan fingerprint density at radius 1 is 1.28 bits per heavy atom. The number of halogens is 1. The van der Waals surface area contributed by atoms with Crippen molar-refractivity contribution in [2.45, 2.75) is 6.92 Å². The third-order valence-electron chi connectivity index (χ3n) is 2.86. The van der Waals surface area contributed by atoms with Crippen LogP contribution in [0.4, 0.5) is 0 Å². The first-order chi connectivity index (χ1) is 8.47. The highest BCUT2D eigenvalue weighted by molar-refractivity contribution is 9.10. The maximum Gasteiger partial charge on any atom is 0.339 e. The van der Waals surface area contributed by atoms with Crippen molar-refractivity contribution in [3.05, 3.63) is 32.7 Å². The molecule has 0 fully saturated rings. The average molecular weight is 313 g/mol. The van der Waals surface area contributed by atoms with E-state index >= 15 is 0 Å². The van der Waals surface area contributed by atoms with Crippen molar-refractivity contribution in [3.63, 3.8) is 0 Å². The van der Waals surface area contributed by atoms with E-state index in [2.05, 4.69) is 15.9 Å². The molecule has 2 aromatic rings. The van der Waals surface area contributed by atoms with Crippen LogP contribution in [0.3, 0.4) is 0 Å². The Hall–Kier alpha value is -1.56. The minimum Gasteiger partial charge on any atom is -0.462 e. The predicted molar refractivity (Wildman–Crippen MR) is 71.8 cm³/mol. The molecule has 1 aromatic heterocycles. The van der Waals surface area contributed by atoms with Crippen molar-refractivity contribution in [2.75, 3.05) is 6.61 Å². The van der Waals surface area contributed by atoms with Crippen molar-refractivity contribution in [1.29, 1.82) is 0 Å². The monoisotopic (exact) mass is 312 g/mol. The molecule has 0 saturated carbocycles. The number of ether oxygens (including phenoxy) is 1. The summed E-state index contributed by atoms with van der Waals surface area (Å²) < 4.78 is 8.63. The lowest BCUT2D eigenvalue weighted by atomic mass is 10.2. The zero-order chi connectivity index (χ0) is 13.4. The molecule has 0 atom stereocenters. The number of fused-ring (bicyclic) bond motifs is 1. The fourth-order valence-electron chi connectivity index (χ4n) is 1.88. The van der Waals surface area contributed by atoms with Gasteiger partial charge >= 0.3 is 11.7 Å². The van der Waals surface area contributed by atoms with E-state index in [0.29, 0.717) is 22.2 Å². The summed E-state index contributed by atoms with van der Waals surface area (Å²) in [7, 11) is 3.37. The molecule has 0 spiro atoms. The number of rotatable bonds is 2. The number of esters is 1. The minimum absolute atomic E-state index is 0.127. The van der Waals surface area contributed by atoms with E-state index in [1.54, 1.807) is 33.2 Å². The highest BCUT2D eigenvalue weighted by Crippen LogP contribution is 2.24. The minimum atomic E-state index is -0.400. The van der Waals surface area contributed by atoms with Crippen LogP contribution >= 0.6 is 15.9 Å². The van der Waals surface area contributed by atoms with Gasteiger partial charge in [0.25, 0.3) is 0 Å². The Morgan fingerprint density at radius 3 is 2.39 bits per heavy atom. The molecule has 0 aliphatic rings. The molecule has 96 valence electrons. The number of imidazole rings is 1. The second kappa shape index (κ2) is 4.61. The molecule has 1 heterocycles. The fourth-order valence-corrected chi connectivity index (χ4v) is 2.38. The summed E-state index contributed by atoms with van der Waals surface area (Å²) in [6.07, 6.45) is 0. The third-order valence-corrected chi connectivity index (χ3v) is 3.51. The second-order valence-electron chi connectivity index (χ2n) is 3.94. The van der Waals surface area contributed by atoms with E-state index in [0.717, 1.165) is 5.52 Å². The van der Waals surface area contributed by atoms with Crippen molar-refractivity contribution >= 4 is 32.9 Å². The van der Waals surface area contributed by atoms with E-state index in [-0.39, 0.29) is 5.69 Å². The molecule has 6 heteroatoms. The summed E-state index contributed by atoms with van der Waals surface area (Å²) in [6, 6.07) is 3.42. The number of aryl methyl sites for hydroxylation is 2. The van der Waals surface area contributed by atoms with Crippen LogP contribution in [-0.4, -0.2) is 21.7 Å². The van der Waals surface area contributed by atoms with E-state index in [1.807, 2.05) is 0 Å². The number of hydrogen-bond donors (Lipinski definition) is 0. The van der Waals surface area contributed by atoms with Gasteiger partial charge in [-0.25, -0.2) is 9.59 Å². The Bertz CT molecular complexity index is 685. The first kappa shape index (κ1) is 12.9. The molecule has 5 nitrogen and oxygen atoms in total. The van der Waals surface area contributed by atoms with Crippen LogP contribution in [0.5, 0.6) is 0 Å². The first-order valence-corrected chi connectivity index (χ1v) is 6.28. The largest absolute Gasteiger partial charge is 0.462 e. The number of nitrogens with zero attached hydrogens (tertiary/aromatic N) is 2. The summed E-state index contributed by atoms with van der Waals surface area (Å²) in [5, 5.41) is 0. The van der Waals surface area contributed by atoms with Gasteiger partial charge in [0.05, 0.1) is 23.2 Å². The van der Waals surface area contributed by atoms with Gasteiger partial charge in [-0.1, -0.05) is 0 Å². The first-order valence-electron chi connectivity index (χ1n) is 5.49. The number of aromatic nitrogens is 2. The standard InChI is InChI=1S/C12H13BrN2O3/c1-4-18-11(16)7-5-9-10(6-8(7)13)15(3)12(17)14(9)2/h5-6H,4H2,1-3H3. The van der Waals surface area contributed by atoms with Gasteiger partial charge in [0.2, 0.25) is 0 Å². The Kier molecular flexibility index (Phi) is 3.30. The van der Waals surface area contributed by atoms with E-state index in [1.165, 1.54) is 9.13 Å². The van der Waals surface area contributed by atoms with E-state index in [4.69, 9.17) is 4.74 Å². The molecule has 0 aliphatic carbocycles. The summed E-state index contributed by atoms with van der Waals surface area (Å²) >= 11 is 3.33. The lowest BCUT2D eigenvalue weighted by Crippen LogP contribution is -2.19. The van der Waals surface area contributed by atoms with Gasteiger partial charge in [0.1, 0.15) is 0 Å². The quantitative estimate of drug-likeness (QED) is 0.795. The van der Waals surface area contributed by atoms with Gasteiger partial charge in [-0.15, -0.1) is 0 Å². The van der Waals surface area contributed by atoms with Crippen molar-refractivity contribution in [2.24, 2.45) is 14.1 Å². The molecule has 0 saturated heterocycles. The summed E-state index contributed by atoms with van der Waals surface area (Å²) in [5.74, 6) is -0.400. The van der Waals surface area contributed by atoms with Crippen LogP contribution in [-0.2, 0) is 18.8 Å². The zero-order valence-electron chi connectivity index (χ0n) is 10.4. The van der Waals surface area contributed by atoms with Crippen LogP contribution in [0.15, 0.2) is 21.4 Å². The van der Waals surface area contributed by atoms with Gasteiger partial charge in [0.15, 0.2) is 0 Å². The number of hydrogen-bond acceptors (Lipinski definition) is 3. The van der Waals surface area contributed by atoms with Crippen LogP contribution in [0.1, 0.15) is 17.3 Å². The Balaban J connectivity index is 2.73. The highest BCUT2D eigenvalue weighted by Gasteiger charge is 2.16. The molecule has 0 radical (unpaired) electrons. The molecule has 0 N–H and O–H groups in total. The molecular formula is C12H13BrN2O3. The molecule has 0 unspecified atom stereocenters. The Morgan fingerprint density at radius 2 is 1.83 bits per heavy atom. The van der Waals surface area contributed by atoms with Gasteiger partial charge in [0, 0.05) is 18.6 Å². The topological polar surface area (TPSA) is 53.2 Å². The lowest BCUT2D eigenvalue weighted by Gasteiger charge is -2.05. The number of benzene rings is 1. The summed E-state index contributed by atoms with van der Waals surface area (Å²) in [4.78, 5) is 23.6. The molecule has 18 heavy (non-hydrogen) atoms. The lowest BCUT2D eigenvalue weighted by molar-refractivity contribution is 0.0525. The molecule has 2 rings (SSSR count). The zero-order valence-corrected chi connectivity index (χ0v) is 11.9. The number of carbonyl (C=O) groups excluding carboxylic acids is 1. The molecule has 1 aromatic carbocycles. The van der Waals surface area contributed by atoms with Crippen LogP contribution in [0, 0.1) is 0 Å². The number of carbonyl (C=O) groups is 1. The molecule has 0 aliphatic heterocycles. The average Bonchev–Trinajstić information content (AvgIpc) is 2.54. The second-order valence-corrected chi connectivity index (χ2v) is 4.80. The van der Waals surface area contributed by atoms with Gasteiger partial charge < -0.3 is 4.74 Å². The normalized spacial score (nSPS) is 10.9. The Labute approximate surface area is 112 Å². The van der Waals surface area contributed by atoms with Gasteiger partial charge in [-0.3, -0.25) is 9.13 Å². The third kappa shape index (κ3) is 1.86. The van der Waals surface area contributed by atoms with Gasteiger partial charge in [-0.2, -0.15) is 0 Å². The smallest absolute Gasteiger partial charge is 0.339 e. The summed E-state index contributed by atoms with van der Waals surface area (Å²) in [6.45, 7) is 2.07. The van der Waals surface area contributed by atoms with E-state index in [9.17, 15) is 9.59 Å². The fraction of sp³-hybridized carbons (Fsp3) is 0.333. The summed E-state index contributed by atoms with van der Waals surface area (Å²) in [5.41, 5.74) is 1.76. The molecule has 0 amide bonds. The maximum atomic E-state index is 11.8.